The van der Waals surface area contributed by atoms with Gasteiger partial charge in [0.1, 0.15) is 5.56 Å². The number of carboxylic acid groups (broad SMARTS) is 1. The molecule has 2 aromatic rings. The van der Waals surface area contributed by atoms with E-state index >= 15 is 0 Å². The van der Waals surface area contributed by atoms with Crippen molar-refractivity contribution in [3.05, 3.63) is 52.9 Å². The van der Waals surface area contributed by atoms with Gasteiger partial charge < -0.3 is 14.5 Å². The minimum atomic E-state index is -1.22. The molecule has 19 heavy (non-hydrogen) atoms. The van der Waals surface area contributed by atoms with Gasteiger partial charge in [0.15, 0.2) is 0 Å². The highest BCUT2D eigenvalue weighted by Gasteiger charge is 2.30. The predicted octanol–water partition coefficient (Wildman–Crippen LogP) is 1.53. The maximum absolute atomic E-state index is 12.2. The standard InChI is InChI=1S/C13H10N2O4/c16-12(11-10(13(17)18)5-14-19-11)15-6-8-3-1-2-4-9(8)7-15/h1-5H,6-7H2,(H,17,18). The zero-order valence-corrected chi connectivity index (χ0v) is 9.87. The van der Waals surface area contributed by atoms with Crippen molar-refractivity contribution in [2.75, 3.05) is 0 Å². The Kier molecular flexibility index (Phi) is 2.56. The first-order valence-corrected chi connectivity index (χ1v) is 5.71. The summed E-state index contributed by atoms with van der Waals surface area (Å²) >= 11 is 0. The van der Waals surface area contributed by atoms with Gasteiger partial charge in [-0.05, 0) is 11.1 Å². The van der Waals surface area contributed by atoms with E-state index in [1.807, 2.05) is 24.3 Å². The number of aromatic nitrogens is 1. The summed E-state index contributed by atoms with van der Waals surface area (Å²) in [4.78, 5) is 24.7. The second-order valence-corrected chi connectivity index (χ2v) is 4.30. The van der Waals surface area contributed by atoms with E-state index in [0.29, 0.717) is 13.1 Å². The Morgan fingerprint density at radius 3 is 2.42 bits per heavy atom. The summed E-state index contributed by atoms with van der Waals surface area (Å²) in [5.41, 5.74) is 1.92. The Balaban J connectivity index is 1.87. The van der Waals surface area contributed by atoms with Gasteiger partial charge >= 0.3 is 5.97 Å². The number of rotatable bonds is 2. The number of aromatic carboxylic acids is 1. The minimum absolute atomic E-state index is 0.207. The fourth-order valence-electron chi connectivity index (χ4n) is 2.17. The van der Waals surface area contributed by atoms with Crippen LogP contribution < -0.4 is 0 Å². The first-order chi connectivity index (χ1) is 9.16. The molecule has 0 aliphatic carbocycles. The number of nitrogens with zero attached hydrogens (tertiary/aromatic N) is 2. The van der Waals surface area contributed by atoms with Crippen LogP contribution >= 0.6 is 0 Å². The summed E-state index contributed by atoms with van der Waals surface area (Å²) in [6.45, 7) is 0.906. The van der Waals surface area contributed by atoms with Crippen LogP contribution in [0.25, 0.3) is 0 Å². The van der Waals surface area contributed by atoms with E-state index in [0.717, 1.165) is 17.3 Å². The first kappa shape index (κ1) is 11.5. The molecule has 0 fully saturated rings. The highest BCUT2D eigenvalue weighted by Crippen LogP contribution is 2.24. The molecule has 1 N–H and O–H groups in total. The Bertz CT molecular complexity index is 637. The van der Waals surface area contributed by atoms with Crippen LogP contribution in [-0.2, 0) is 13.1 Å². The van der Waals surface area contributed by atoms with Crippen LogP contribution in [0.1, 0.15) is 32.0 Å². The van der Waals surface area contributed by atoms with Gasteiger partial charge in [-0.1, -0.05) is 29.4 Å². The van der Waals surface area contributed by atoms with E-state index in [1.165, 1.54) is 4.90 Å². The number of hydrogen-bond donors (Lipinski definition) is 1. The van der Waals surface area contributed by atoms with Crippen molar-refractivity contribution in [1.82, 2.24) is 10.1 Å². The Morgan fingerprint density at radius 1 is 1.21 bits per heavy atom. The largest absolute Gasteiger partial charge is 0.477 e. The number of fused-ring (bicyclic) bond motifs is 1. The summed E-state index contributed by atoms with van der Waals surface area (Å²) < 4.78 is 4.78. The average Bonchev–Trinajstić information content (AvgIpc) is 3.04. The van der Waals surface area contributed by atoms with E-state index in [9.17, 15) is 9.59 Å². The second-order valence-electron chi connectivity index (χ2n) is 4.30. The van der Waals surface area contributed by atoms with Gasteiger partial charge in [0.25, 0.3) is 5.91 Å². The molecule has 0 radical (unpaired) electrons. The highest BCUT2D eigenvalue weighted by molar-refractivity contribution is 6.02. The fourth-order valence-corrected chi connectivity index (χ4v) is 2.17. The molecule has 1 aromatic heterocycles. The van der Waals surface area contributed by atoms with Crippen LogP contribution in [0.15, 0.2) is 35.0 Å². The van der Waals surface area contributed by atoms with Gasteiger partial charge in [0.2, 0.25) is 5.76 Å². The molecule has 0 atom stereocenters. The van der Waals surface area contributed by atoms with E-state index in [4.69, 9.17) is 9.63 Å². The molecule has 1 aromatic carbocycles. The molecule has 1 amide bonds. The number of benzene rings is 1. The molecule has 3 rings (SSSR count). The molecule has 1 aliphatic rings. The van der Waals surface area contributed by atoms with Gasteiger partial charge in [-0.2, -0.15) is 0 Å². The highest BCUT2D eigenvalue weighted by atomic mass is 16.5. The lowest BCUT2D eigenvalue weighted by Crippen LogP contribution is -2.26. The number of amides is 1. The van der Waals surface area contributed by atoms with Crippen molar-refractivity contribution in [1.29, 1.82) is 0 Å². The second kappa shape index (κ2) is 4.24. The van der Waals surface area contributed by atoms with Crippen molar-refractivity contribution in [3.8, 4) is 0 Å². The Labute approximate surface area is 108 Å². The quantitative estimate of drug-likeness (QED) is 0.883. The lowest BCUT2D eigenvalue weighted by molar-refractivity contribution is 0.0655. The van der Waals surface area contributed by atoms with Crippen LogP contribution in [0, 0.1) is 0 Å². The summed E-state index contributed by atoms with van der Waals surface area (Å²) in [6.07, 6.45) is 1.04. The summed E-state index contributed by atoms with van der Waals surface area (Å²) in [5.74, 6) is -1.90. The smallest absolute Gasteiger partial charge is 0.341 e. The maximum Gasteiger partial charge on any atom is 0.341 e. The van der Waals surface area contributed by atoms with Crippen LogP contribution in [0.5, 0.6) is 0 Å². The van der Waals surface area contributed by atoms with Crippen molar-refractivity contribution in [3.63, 3.8) is 0 Å². The number of hydrogen-bond acceptors (Lipinski definition) is 4. The minimum Gasteiger partial charge on any atom is -0.477 e. The molecule has 1 aliphatic heterocycles. The van der Waals surface area contributed by atoms with E-state index in [2.05, 4.69) is 5.16 Å². The number of carboxylic acids is 1. The van der Waals surface area contributed by atoms with Gasteiger partial charge in [0, 0.05) is 13.1 Å². The van der Waals surface area contributed by atoms with Gasteiger partial charge in [-0.15, -0.1) is 0 Å². The van der Waals surface area contributed by atoms with E-state index in [1.54, 1.807) is 0 Å². The predicted molar refractivity (Wildman–Crippen MR) is 63.5 cm³/mol. The molecule has 96 valence electrons. The lowest BCUT2D eigenvalue weighted by Gasteiger charge is -2.13. The van der Waals surface area contributed by atoms with Crippen molar-refractivity contribution >= 4 is 11.9 Å². The molecular weight excluding hydrogens is 248 g/mol. The van der Waals surface area contributed by atoms with E-state index in [-0.39, 0.29) is 11.3 Å². The van der Waals surface area contributed by atoms with Crippen LogP contribution in [0.4, 0.5) is 0 Å². The summed E-state index contributed by atoms with van der Waals surface area (Å²) in [7, 11) is 0. The van der Waals surface area contributed by atoms with Gasteiger partial charge in [-0.25, -0.2) is 4.79 Å². The molecule has 0 spiro atoms. The normalized spacial score (nSPS) is 13.4. The van der Waals surface area contributed by atoms with Crippen molar-refractivity contribution < 1.29 is 19.2 Å². The van der Waals surface area contributed by atoms with Gasteiger partial charge in [-0.3, -0.25) is 4.79 Å². The van der Waals surface area contributed by atoms with Crippen molar-refractivity contribution in [2.24, 2.45) is 0 Å². The number of carbonyl (C=O) groups excluding carboxylic acids is 1. The third-order valence-electron chi connectivity index (χ3n) is 3.12. The Hall–Kier alpha value is -2.63. The zero-order chi connectivity index (χ0) is 13.4. The molecule has 0 saturated carbocycles. The molecule has 0 bridgehead atoms. The monoisotopic (exact) mass is 258 g/mol. The van der Waals surface area contributed by atoms with Gasteiger partial charge in [0.05, 0.1) is 6.20 Å². The van der Waals surface area contributed by atoms with Crippen LogP contribution in [-0.4, -0.2) is 27.0 Å². The lowest BCUT2D eigenvalue weighted by atomic mass is 10.1. The van der Waals surface area contributed by atoms with Crippen LogP contribution in [0.2, 0.25) is 0 Å². The third kappa shape index (κ3) is 1.87. The van der Waals surface area contributed by atoms with E-state index < -0.39 is 11.9 Å². The summed E-state index contributed by atoms with van der Waals surface area (Å²) in [6, 6.07) is 7.70. The molecule has 2 heterocycles. The topological polar surface area (TPSA) is 83.6 Å². The molecule has 6 heteroatoms. The first-order valence-electron chi connectivity index (χ1n) is 5.71. The van der Waals surface area contributed by atoms with Crippen molar-refractivity contribution in [2.45, 2.75) is 13.1 Å². The molecule has 0 saturated heterocycles. The third-order valence-corrected chi connectivity index (χ3v) is 3.12. The average molecular weight is 258 g/mol. The molecule has 0 unspecified atom stereocenters. The van der Waals surface area contributed by atoms with Crippen LogP contribution in [0.3, 0.4) is 0 Å². The summed E-state index contributed by atoms with van der Waals surface area (Å²) in [5, 5.41) is 12.3. The maximum atomic E-state index is 12.2. The zero-order valence-electron chi connectivity index (χ0n) is 9.87. The SMILES string of the molecule is O=C(O)c1cnoc1C(=O)N1Cc2ccccc2C1. The molecular formula is C13H10N2O4. The fraction of sp³-hybridized carbons (Fsp3) is 0.154. The molecule has 6 nitrogen and oxygen atoms in total. The Morgan fingerprint density at radius 2 is 1.84 bits per heavy atom. The number of carbonyl (C=O) groups is 2.